The number of benzene rings is 1. The quantitative estimate of drug-likeness (QED) is 0.891. The minimum Gasteiger partial charge on any atom is -0.385 e. The second kappa shape index (κ2) is 5.76. The van der Waals surface area contributed by atoms with Crippen LogP contribution in [0.1, 0.15) is 36.7 Å². The standard InChI is InChI=1S/C16H23N3O2/c1-5-17-13-10-11(2)6-7-12(13)14(20)19-9-8-18-15(21)16(19,3)4/h6-7,10,17H,5,8-9H2,1-4H3,(H,18,21). The largest absolute Gasteiger partial charge is 0.385 e. The van der Waals surface area contributed by atoms with E-state index in [-0.39, 0.29) is 11.8 Å². The Balaban J connectivity index is 2.37. The normalized spacial score (nSPS) is 17.3. The Hall–Kier alpha value is -2.04. The zero-order valence-corrected chi connectivity index (χ0v) is 13.1. The zero-order valence-electron chi connectivity index (χ0n) is 13.1. The Morgan fingerprint density at radius 2 is 2.14 bits per heavy atom. The highest BCUT2D eigenvalue weighted by Crippen LogP contribution is 2.25. The number of piperazine rings is 1. The van der Waals surface area contributed by atoms with E-state index >= 15 is 0 Å². The highest BCUT2D eigenvalue weighted by Gasteiger charge is 2.41. The van der Waals surface area contributed by atoms with Crippen molar-refractivity contribution in [2.75, 3.05) is 25.0 Å². The molecule has 1 aliphatic rings. The number of rotatable bonds is 3. The number of carbonyl (C=O) groups is 2. The van der Waals surface area contributed by atoms with Crippen molar-refractivity contribution >= 4 is 17.5 Å². The van der Waals surface area contributed by atoms with Crippen molar-refractivity contribution in [3.05, 3.63) is 29.3 Å². The van der Waals surface area contributed by atoms with Crippen LogP contribution in [0.2, 0.25) is 0 Å². The molecule has 1 fully saturated rings. The second-order valence-corrected chi connectivity index (χ2v) is 5.85. The van der Waals surface area contributed by atoms with Gasteiger partial charge in [0.15, 0.2) is 0 Å². The minimum atomic E-state index is -0.830. The molecule has 0 radical (unpaired) electrons. The van der Waals surface area contributed by atoms with E-state index in [0.29, 0.717) is 18.7 Å². The van der Waals surface area contributed by atoms with Gasteiger partial charge in [0.1, 0.15) is 5.54 Å². The van der Waals surface area contributed by atoms with Crippen molar-refractivity contribution in [1.82, 2.24) is 10.2 Å². The molecule has 114 valence electrons. The molecular weight excluding hydrogens is 266 g/mol. The highest BCUT2D eigenvalue weighted by atomic mass is 16.2. The fraction of sp³-hybridized carbons (Fsp3) is 0.500. The van der Waals surface area contributed by atoms with Gasteiger partial charge in [-0.25, -0.2) is 0 Å². The van der Waals surface area contributed by atoms with Crippen molar-refractivity contribution in [3.8, 4) is 0 Å². The molecule has 1 aromatic rings. The van der Waals surface area contributed by atoms with E-state index < -0.39 is 5.54 Å². The smallest absolute Gasteiger partial charge is 0.256 e. The van der Waals surface area contributed by atoms with Gasteiger partial charge in [0.05, 0.1) is 5.56 Å². The summed E-state index contributed by atoms with van der Waals surface area (Å²) < 4.78 is 0. The molecule has 1 saturated heterocycles. The topological polar surface area (TPSA) is 61.4 Å². The summed E-state index contributed by atoms with van der Waals surface area (Å²) in [5.41, 5.74) is 1.71. The van der Waals surface area contributed by atoms with E-state index in [2.05, 4.69) is 10.6 Å². The lowest BCUT2D eigenvalue weighted by Gasteiger charge is -2.41. The molecule has 1 aromatic carbocycles. The average Bonchev–Trinajstić information content (AvgIpc) is 2.42. The predicted octanol–water partition coefficient (Wildman–Crippen LogP) is 1.78. The summed E-state index contributed by atoms with van der Waals surface area (Å²) >= 11 is 0. The number of carbonyl (C=O) groups excluding carboxylic acids is 2. The molecule has 1 aliphatic heterocycles. The van der Waals surface area contributed by atoms with Crippen molar-refractivity contribution < 1.29 is 9.59 Å². The average molecular weight is 289 g/mol. The molecule has 0 atom stereocenters. The van der Waals surface area contributed by atoms with Crippen molar-refractivity contribution in [2.24, 2.45) is 0 Å². The summed E-state index contributed by atoms with van der Waals surface area (Å²) in [5, 5.41) is 6.04. The third kappa shape index (κ3) is 2.86. The maximum absolute atomic E-state index is 12.9. The molecule has 0 aliphatic carbocycles. The van der Waals surface area contributed by atoms with Crippen LogP contribution in [0.3, 0.4) is 0 Å². The fourth-order valence-corrected chi connectivity index (χ4v) is 2.58. The van der Waals surface area contributed by atoms with E-state index in [1.165, 1.54) is 0 Å². The number of amides is 2. The van der Waals surface area contributed by atoms with Crippen LogP contribution in [0.5, 0.6) is 0 Å². The SMILES string of the molecule is CCNc1cc(C)ccc1C(=O)N1CCNC(=O)C1(C)C. The van der Waals surface area contributed by atoms with E-state index in [1.54, 1.807) is 18.7 Å². The second-order valence-electron chi connectivity index (χ2n) is 5.85. The van der Waals surface area contributed by atoms with Gasteiger partial charge in [0.2, 0.25) is 5.91 Å². The summed E-state index contributed by atoms with van der Waals surface area (Å²) in [5.74, 6) is -0.218. The lowest BCUT2D eigenvalue weighted by molar-refractivity contribution is -0.133. The fourth-order valence-electron chi connectivity index (χ4n) is 2.58. The number of anilines is 1. The molecule has 2 amide bonds. The summed E-state index contributed by atoms with van der Waals surface area (Å²) in [7, 11) is 0. The maximum Gasteiger partial charge on any atom is 0.256 e. The van der Waals surface area contributed by atoms with Gasteiger partial charge in [0, 0.05) is 25.3 Å². The number of aryl methyl sites for hydroxylation is 1. The summed E-state index contributed by atoms with van der Waals surface area (Å²) in [6.45, 7) is 9.31. The molecule has 0 aromatic heterocycles. The molecular formula is C16H23N3O2. The van der Waals surface area contributed by atoms with E-state index in [4.69, 9.17) is 0 Å². The zero-order chi connectivity index (χ0) is 15.6. The number of nitrogens with zero attached hydrogens (tertiary/aromatic N) is 1. The van der Waals surface area contributed by atoms with Crippen LogP contribution in [0, 0.1) is 6.92 Å². The Kier molecular flexibility index (Phi) is 4.21. The van der Waals surface area contributed by atoms with Gasteiger partial charge < -0.3 is 15.5 Å². The van der Waals surface area contributed by atoms with Gasteiger partial charge in [-0.15, -0.1) is 0 Å². The Bertz CT molecular complexity index is 567. The van der Waals surface area contributed by atoms with E-state index in [1.807, 2.05) is 32.0 Å². The third-order valence-electron chi connectivity index (χ3n) is 3.87. The van der Waals surface area contributed by atoms with Gasteiger partial charge in [-0.2, -0.15) is 0 Å². The molecule has 0 unspecified atom stereocenters. The molecule has 21 heavy (non-hydrogen) atoms. The monoisotopic (exact) mass is 289 g/mol. The predicted molar refractivity (Wildman–Crippen MR) is 83.5 cm³/mol. The van der Waals surface area contributed by atoms with Crippen LogP contribution in [0.25, 0.3) is 0 Å². The molecule has 0 saturated carbocycles. The first kappa shape index (κ1) is 15.4. The van der Waals surface area contributed by atoms with E-state index in [0.717, 1.165) is 17.8 Å². The van der Waals surface area contributed by atoms with E-state index in [9.17, 15) is 9.59 Å². The van der Waals surface area contributed by atoms with Crippen LogP contribution in [0.4, 0.5) is 5.69 Å². The molecule has 0 spiro atoms. The number of hydrogen-bond acceptors (Lipinski definition) is 3. The first-order valence-electron chi connectivity index (χ1n) is 7.32. The molecule has 1 heterocycles. The molecule has 5 nitrogen and oxygen atoms in total. The summed E-state index contributed by atoms with van der Waals surface area (Å²) in [6.07, 6.45) is 0. The van der Waals surface area contributed by atoms with Crippen LogP contribution in [0.15, 0.2) is 18.2 Å². The van der Waals surface area contributed by atoms with Gasteiger partial charge in [-0.1, -0.05) is 6.07 Å². The van der Waals surface area contributed by atoms with Crippen LogP contribution in [-0.4, -0.2) is 41.9 Å². The van der Waals surface area contributed by atoms with Gasteiger partial charge in [-0.05, 0) is 45.4 Å². The van der Waals surface area contributed by atoms with Crippen molar-refractivity contribution in [2.45, 2.75) is 33.2 Å². The third-order valence-corrected chi connectivity index (χ3v) is 3.87. The molecule has 2 N–H and O–H groups in total. The summed E-state index contributed by atoms with van der Waals surface area (Å²) in [4.78, 5) is 26.5. The first-order chi connectivity index (χ1) is 9.87. The first-order valence-corrected chi connectivity index (χ1v) is 7.32. The lowest BCUT2D eigenvalue weighted by Crippen LogP contribution is -2.63. The van der Waals surface area contributed by atoms with Crippen LogP contribution < -0.4 is 10.6 Å². The van der Waals surface area contributed by atoms with Crippen LogP contribution >= 0.6 is 0 Å². The van der Waals surface area contributed by atoms with Crippen molar-refractivity contribution in [3.63, 3.8) is 0 Å². The Morgan fingerprint density at radius 1 is 1.43 bits per heavy atom. The maximum atomic E-state index is 12.9. The molecule has 2 rings (SSSR count). The molecule has 0 bridgehead atoms. The van der Waals surface area contributed by atoms with Crippen molar-refractivity contribution in [1.29, 1.82) is 0 Å². The number of nitrogens with one attached hydrogen (secondary N) is 2. The van der Waals surface area contributed by atoms with Crippen LogP contribution in [-0.2, 0) is 4.79 Å². The van der Waals surface area contributed by atoms with Gasteiger partial charge in [0.25, 0.3) is 5.91 Å². The highest BCUT2D eigenvalue weighted by molar-refractivity contribution is 6.03. The van der Waals surface area contributed by atoms with Gasteiger partial charge in [-0.3, -0.25) is 9.59 Å². The Labute approximate surface area is 125 Å². The lowest BCUT2D eigenvalue weighted by atomic mass is 9.97. The Morgan fingerprint density at radius 3 is 2.81 bits per heavy atom. The number of hydrogen-bond donors (Lipinski definition) is 2. The minimum absolute atomic E-state index is 0.106. The summed E-state index contributed by atoms with van der Waals surface area (Å²) in [6, 6.07) is 5.72. The molecule has 5 heteroatoms. The van der Waals surface area contributed by atoms with Gasteiger partial charge >= 0.3 is 0 Å².